The van der Waals surface area contributed by atoms with Crippen molar-refractivity contribution in [2.24, 2.45) is 0 Å². The zero-order valence-corrected chi connectivity index (χ0v) is 13.9. The van der Waals surface area contributed by atoms with E-state index < -0.39 is 23.1 Å². The number of aromatic amines is 1. The van der Waals surface area contributed by atoms with Gasteiger partial charge in [0.05, 0.1) is 18.2 Å². The van der Waals surface area contributed by atoms with Crippen LogP contribution in [0.2, 0.25) is 0 Å². The molecular formula is C18H14N2O6. The number of pyridine rings is 1. The van der Waals surface area contributed by atoms with Gasteiger partial charge in [-0.1, -0.05) is 18.2 Å². The predicted molar refractivity (Wildman–Crippen MR) is 93.6 cm³/mol. The molecule has 8 heteroatoms. The van der Waals surface area contributed by atoms with Gasteiger partial charge < -0.3 is 19.5 Å². The van der Waals surface area contributed by atoms with Gasteiger partial charge in [0.1, 0.15) is 5.56 Å². The maximum Gasteiger partial charge on any atom is 0.344 e. The van der Waals surface area contributed by atoms with Crippen LogP contribution in [-0.2, 0) is 4.74 Å². The number of aryl methyl sites for hydroxylation is 1. The number of hydrogen-bond acceptors (Lipinski definition) is 6. The summed E-state index contributed by atoms with van der Waals surface area (Å²) in [4.78, 5) is 50.1. The molecule has 1 amide bonds. The lowest BCUT2D eigenvalue weighted by atomic mass is 10.1. The normalized spacial score (nSPS) is 10.5. The molecule has 8 nitrogen and oxygen atoms in total. The number of H-pyrrole nitrogens is 1. The summed E-state index contributed by atoms with van der Waals surface area (Å²) < 4.78 is 9.66. The number of aromatic nitrogens is 1. The van der Waals surface area contributed by atoms with Crippen LogP contribution in [0.5, 0.6) is 0 Å². The molecule has 0 fully saturated rings. The first-order chi connectivity index (χ1) is 12.4. The molecule has 2 aromatic heterocycles. The topological polar surface area (TPSA) is 118 Å². The zero-order chi connectivity index (χ0) is 18.8. The maximum absolute atomic E-state index is 12.5. The molecule has 0 aliphatic heterocycles. The largest absolute Gasteiger partial charge is 0.465 e. The van der Waals surface area contributed by atoms with Crippen LogP contribution in [0.4, 0.5) is 5.69 Å². The number of benzene rings is 1. The van der Waals surface area contributed by atoms with Gasteiger partial charge in [0, 0.05) is 11.8 Å². The summed E-state index contributed by atoms with van der Waals surface area (Å²) in [5.41, 5.74) is -0.904. The first-order valence-corrected chi connectivity index (χ1v) is 7.57. The van der Waals surface area contributed by atoms with E-state index in [0.717, 1.165) is 7.11 Å². The lowest BCUT2D eigenvalue weighted by Crippen LogP contribution is -2.21. The van der Waals surface area contributed by atoms with Crippen LogP contribution in [0.15, 0.2) is 50.5 Å². The third-order valence-corrected chi connectivity index (χ3v) is 3.86. The average Bonchev–Trinajstić information content (AvgIpc) is 2.65. The highest BCUT2D eigenvalue weighted by Crippen LogP contribution is 2.19. The minimum absolute atomic E-state index is 0.144. The highest BCUT2D eigenvalue weighted by molar-refractivity contribution is 6.06. The summed E-state index contributed by atoms with van der Waals surface area (Å²) in [6, 6.07) is 7.96. The van der Waals surface area contributed by atoms with Gasteiger partial charge in [-0.2, -0.15) is 0 Å². The number of esters is 1. The molecule has 0 radical (unpaired) electrons. The number of fused-ring (bicyclic) bond motifs is 1. The van der Waals surface area contributed by atoms with Gasteiger partial charge in [0.25, 0.3) is 11.5 Å². The fraction of sp³-hybridized carbons (Fsp3) is 0.111. The summed E-state index contributed by atoms with van der Waals surface area (Å²) >= 11 is 0. The van der Waals surface area contributed by atoms with Crippen molar-refractivity contribution in [3.05, 3.63) is 74.2 Å². The van der Waals surface area contributed by atoms with Gasteiger partial charge in [-0.15, -0.1) is 0 Å². The fourth-order valence-electron chi connectivity index (χ4n) is 2.56. The molecule has 2 N–H and O–H groups in total. The first kappa shape index (κ1) is 17.2. The van der Waals surface area contributed by atoms with Crippen LogP contribution < -0.4 is 16.5 Å². The standard InChI is InChI=1S/C18H14N2O6/c1-9-11-5-3-4-6-12(11)18(24)26-14(9)16(22)20-10-7-13(17(23)25-2)15(21)19-8-10/h3-8H,1-2H3,(H,19,21)(H,20,22). The quantitative estimate of drug-likeness (QED) is 0.693. The number of nitrogens with one attached hydrogen (secondary N) is 2. The van der Waals surface area contributed by atoms with Gasteiger partial charge in [0.2, 0.25) is 0 Å². The molecule has 2 heterocycles. The molecule has 0 atom stereocenters. The van der Waals surface area contributed by atoms with E-state index in [1.807, 2.05) is 0 Å². The van der Waals surface area contributed by atoms with Gasteiger partial charge in [-0.05, 0) is 24.4 Å². The number of amides is 1. The van der Waals surface area contributed by atoms with Crippen molar-refractivity contribution in [3.8, 4) is 0 Å². The second-order valence-corrected chi connectivity index (χ2v) is 5.47. The number of carbonyl (C=O) groups is 2. The van der Waals surface area contributed by atoms with Crippen LogP contribution in [-0.4, -0.2) is 24.0 Å². The van der Waals surface area contributed by atoms with Crippen molar-refractivity contribution in [3.63, 3.8) is 0 Å². The Morgan fingerprint density at radius 1 is 1.15 bits per heavy atom. The van der Waals surface area contributed by atoms with Crippen molar-refractivity contribution in [1.82, 2.24) is 4.98 Å². The molecule has 0 bridgehead atoms. The van der Waals surface area contributed by atoms with E-state index in [1.165, 1.54) is 12.3 Å². The Labute approximate surface area is 146 Å². The second kappa shape index (κ2) is 6.67. The van der Waals surface area contributed by atoms with E-state index in [9.17, 15) is 19.2 Å². The Bertz CT molecular complexity index is 1140. The highest BCUT2D eigenvalue weighted by atomic mass is 16.5. The molecule has 1 aromatic carbocycles. The second-order valence-electron chi connectivity index (χ2n) is 5.47. The molecule has 26 heavy (non-hydrogen) atoms. The summed E-state index contributed by atoms with van der Waals surface area (Å²) in [5, 5.41) is 3.46. The summed E-state index contributed by atoms with van der Waals surface area (Å²) in [5.74, 6) is -1.68. The summed E-state index contributed by atoms with van der Waals surface area (Å²) in [7, 11) is 1.14. The van der Waals surface area contributed by atoms with Gasteiger partial charge in [-0.3, -0.25) is 9.59 Å². The lowest BCUT2D eigenvalue weighted by molar-refractivity contribution is 0.0598. The number of methoxy groups -OCH3 is 1. The van der Waals surface area contributed by atoms with Crippen LogP contribution >= 0.6 is 0 Å². The predicted octanol–water partition coefficient (Wildman–Crippen LogP) is 1.83. The van der Waals surface area contributed by atoms with E-state index in [-0.39, 0.29) is 17.0 Å². The molecule has 0 aliphatic rings. The molecular weight excluding hydrogens is 340 g/mol. The third-order valence-electron chi connectivity index (χ3n) is 3.86. The number of anilines is 1. The molecule has 0 saturated carbocycles. The number of carbonyl (C=O) groups excluding carboxylic acids is 2. The van der Waals surface area contributed by atoms with Crippen molar-refractivity contribution in [1.29, 1.82) is 0 Å². The number of rotatable bonds is 3. The molecule has 3 rings (SSSR count). The van der Waals surface area contributed by atoms with Crippen LogP contribution in [0, 0.1) is 6.92 Å². The van der Waals surface area contributed by atoms with E-state index in [2.05, 4.69) is 15.0 Å². The Morgan fingerprint density at radius 2 is 1.85 bits per heavy atom. The minimum Gasteiger partial charge on any atom is -0.465 e. The zero-order valence-electron chi connectivity index (χ0n) is 13.9. The monoisotopic (exact) mass is 354 g/mol. The smallest absolute Gasteiger partial charge is 0.344 e. The van der Waals surface area contributed by atoms with Crippen molar-refractivity contribution < 1.29 is 18.7 Å². The molecule has 3 aromatic rings. The van der Waals surface area contributed by atoms with Crippen LogP contribution in [0.25, 0.3) is 10.8 Å². The Hall–Kier alpha value is -3.68. The van der Waals surface area contributed by atoms with Crippen LogP contribution in [0.1, 0.15) is 26.5 Å². The Balaban J connectivity index is 2.00. The van der Waals surface area contributed by atoms with E-state index >= 15 is 0 Å². The van der Waals surface area contributed by atoms with Crippen LogP contribution in [0.3, 0.4) is 0 Å². The van der Waals surface area contributed by atoms with Crippen molar-refractivity contribution in [2.75, 3.05) is 12.4 Å². The van der Waals surface area contributed by atoms with Gasteiger partial charge in [-0.25, -0.2) is 9.59 Å². The first-order valence-electron chi connectivity index (χ1n) is 7.57. The van der Waals surface area contributed by atoms with E-state index in [1.54, 1.807) is 31.2 Å². The fourth-order valence-corrected chi connectivity index (χ4v) is 2.56. The molecule has 0 aliphatic carbocycles. The van der Waals surface area contributed by atoms with Gasteiger partial charge in [0.15, 0.2) is 5.76 Å². The van der Waals surface area contributed by atoms with E-state index in [0.29, 0.717) is 16.3 Å². The number of ether oxygens (including phenoxy) is 1. The summed E-state index contributed by atoms with van der Waals surface area (Å²) in [6.07, 6.45) is 1.22. The SMILES string of the molecule is COC(=O)c1cc(NC(=O)c2oc(=O)c3ccccc3c2C)c[nH]c1=O. The molecule has 0 unspecified atom stereocenters. The molecule has 0 spiro atoms. The Kier molecular flexibility index (Phi) is 4.40. The summed E-state index contributed by atoms with van der Waals surface area (Å²) in [6.45, 7) is 1.66. The molecule has 0 saturated heterocycles. The Morgan fingerprint density at radius 3 is 2.54 bits per heavy atom. The lowest BCUT2D eigenvalue weighted by Gasteiger charge is -2.09. The van der Waals surface area contributed by atoms with Crippen molar-refractivity contribution in [2.45, 2.75) is 6.92 Å². The maximum atomic E-state index is 12.5. The highest BCUT2D eigenvalue weighted by Gasteiger charge is 2.18. The third kappa shape index (κ3) is 3.00. The van der Waals surface area contributed by atoms with Crippen molar-refractivity contribution >= 4 is 28.3 Å². The average molecular weight is 354 g/mol. The van der Waals surface area contributed by atoms with Gasteiger partial charge >= 0.3 is 11.6 Å². The molecule has 132 valence electrons. The van der Waals surface area contributed by atoms with E-state index in [4.69, 9.17) is 4.42 Å². The number of hydrogen-bond donors (Lipinski definition) is 2. The minimum atomic E-state index is -0.837.